The molecule has 0 spiro atoms. The molecule has 3 rings (SSSR count). The highest BCUT2D eigenvalue weighted by molar-refractivity contribution is 5.97. The molecule has 10 nitrogen and oxygen atoms in total. The van der Waals surface area contributed by atoms with E-state index >= 15 is 0 Å². The van der Waals surface area contributed by atoms with E-state index in [0.717, 1.165) is 5.56 Å². The van der Waals surface area contributed by atoms with Gasteiger partial charge in [-0.25, -0.2) is 19.4 Å². The van der Waals surface area contributed by atoms with Gasteiger partial charge in [-0.05, 0) is 48.4 Å². The number of ether oxygens (including phenoxy) is 2. The molecule has 0 saturated heterocycles. The molecule has 11 heteroatoms. The Balaban J connectivity index is 2.08. The van der Waals surface area contributed by atoms with Gasteiger partial charge in [0, 0.05) is 37.4 Å². The molecule has 1 amide bonds. The molecular formula is C25H28FN7O3. The zero-order valence-corrected chi connectivity index (χ0v) is 20.2. The number of nitrogens with one attached hydrogen (secondary N) is 3. The van der Waals surface area contributed by atoms with E-state index < -0.39 is 12.2 Å². The van der Waals surface area contributed by atoms with E-state index in [2.05, 4.69) is 25.7 Å². The van der Waals surface area contributed by atoms with Crippen LogP contribution < -0.4 is 25.1 Å². The zero-order valence-electron chi connectivity index (χ0n) is 20.2. The number of halogens is 1. The monoisotopic (exact) mass is 493 g/mol. The number of amidine groups is 1. The summed E-state index contributed by atoms with van der Waals surface area (Å²) in [6.07, 6.45) is 3.77. The fourth-order valence-corrected chi connectivity index (χ4v) is 3.22. The van der Waals surface area contributed by atoms with Crippen LogP contribution in [-0.2, 0) is 4.79 Å². The van der Waals surface area contributed by atoms with Gasteiger partial charge in [0.1, 0.15) is 30.3 Å². The highest BCUT2D eigenvalue weighted by Gasteiger charge is 2.22. The molecule has 0 fully saturated rings. The predicted octanol–water partition coefficient (Wildman–Crippen LogP) is 3.57. The second kappa shape index (κ2) is 12.8. The van der Waals surface area contributed by atoms with Crippen molar-refractivity contribution in [2.24, 2.45) is 5.10 Å². The quantitative estimate of drug-likeness (QED) is 0.152. The Bertz CT molecular complexity index is 1170. The van der Waals surface area contributed by atoms with Crippen molar-refractivity contribution in [3.05, 3.63) is 72.1 Å². The first-order valence-corrected chi connectivity index (χ1v) is 11.1. The van der Waals surface area contributed by atoms with E-state index in [1.807, 2.05) is 0 Å². The Kier molecular flexibility index (Phi) is 9.26. The number of nitrogens with zero attached hydrogens (tertiary/aromatic N) is 4. The van der Waals surface area contributed by atoms with E-state index in [0.29, 0.717) is 35.1 Å². The van der Waals surface area contributed by atoms with Gasteiger partial charge in [0.05, 0.1) is 7.11 Å². The molecule has 2 unspecified atom stereocenters. The van der Waals surface area contributed by atoms with E-state index in [1.54, 1.807) is 68.0 Å². The maximum absolute atomic E-state index is 13.4. The number of hydrogen-bond acceptors (Lipinski definition) is 9. The van der Waals surface area contributed by atoms with Crippen LogP contribution in [0.5, 0.6) is 11.5 Å². The number of aromatic nitrogens is 2. The molecule has 0 aliphatic heterocycles. The number of amides is 1. The summed E-state index contributed by atoms with van der Waals surface area (Å²) in [4.78, 5) is 20.0. The molecule has 2 atom stereocenters. The van der Waals surface area contributed by atoms with E-state index in [4.69, 9.17) is 14.9 Å². The minimum absolute atomic E-state index is 0.128. The number of benzene rings is 2. The molecule has 0 aliphatic carbocycles. The normalized spacial score (nSPS) is 12.7. The topological polar surface area (TPSA) is 125 Å². The lowest BCUT2D eigenvalue weighted by atomic mass is 10.0. The summed E-state index contributed by atoms with van der Waals surface area (Å²) in [6, 6.07) is 13.3. The van der Waals surface area contributed by atoms with Gasteiger partial charge in [0.25, 0.3) is 0 Å². The number of alkyl halides is 1. The van der Waals surface area contributed by atoms with E-state index in [1.165, 1.54) is 25.3 Å². The zero-order chi connectivity index (χ0) is 25.9. The van der Waals surface area contributed by atoms with Crippen molar-refractivity contribution in [1.82, 2.24) is 15.3 Å². The second-order valence-corrected chi connectivity index (χ2v) is 7.70. The van der Waals surface area contributed by atoms with Gasteiger partial charge in [0.2, 0.25) is 12.4 Å². The number of carbonyl (C=O) groups is 1. The summed E-state index contributed by atoms with van der Waals surface area (Å²) < 4.78 is 24.5. The van der Waals surface area contributed by atoms with Crippen LogP contribution in [0.3, 0.4) is 0 Å². The van der Waals surface area contributed by atoms with Crippen LogP contribution >= 0.6 is 0 Å². The highest BCUT2D eigenvalue weighted by atomic mass is 19.1. The molecule has 0 saturated carbocycles. The maximum atomic E-state index is 13.4. The van der Waals surface area contributed by atoms with E-state index in [-0.39, 0.29) is 12.4 Å². The van der Waals surface area contributed by atoms with Crippen molar-refractivity contribution in [3.63, 3.8) is 0 Å². The fourth-order valence-electron chi connectivity index (χ4n) is 3.22. The number of anilines is 2. The van der Waals surface area contributed by atoms with Gasteiger partial charge >= 0.3 is 0 Å². The molecule has 3 aromatic rings. The number of methoxy groups -OCH3 is 1. The summed E-state index contributed by atoms with van der Waals surface area (Å²) >= 11 is 0. The maximum Gasteiger partial charge on any atom is 0.245 e. The summed E-state index contributed by atoms with van der Waals surface area (Å²) in [5.41, 5.74) is 2.06. The summed E-state index contributed by atoms with van der Waals surface area (Å²) in [5, 5.41) is 19.4. The Morgan fingerprint density at radius 3 is 2.50 bits per heavy atom. The average Bonchev–Trinajstić information content (AvgIpc) is 2.91. The first-order chi connectivity index (χ1) is 17.4. The Labute approximate surface area is 208 Å². The second-order valence-electron chi connectivity index (χ2n) is 7.70. The van der Waals surface area contributed by atoms with Crippen LogP contribution in [0.1, 0.15) is 24.1 Å². The van der Waals surface area contributed by atoms with Gasteiger partial charge in [0.15, 0.2) is 5.84 Å². The highest BCUT2D eigenvalue weighted by Crippen LogP contribution is 2.30. The standard InChI is InChI=1S/C25H28FN7O3/c1-17(26)15-36-22-12-19(11-21(13-22)35-3)23(31-20-7-5-18(14-27)6-8-20)24(30-16-34)32-33(2)25-28-9-4-10-29-25/h4-14,16-17,23,27,31H,15H2,1-3H3,(H,30,32,34). The number of hydrogen-bond donors (Lipinski definition) is 3. The fraction of sp³-hybridized carbons (Fsp3) is 0.240. The third-order valence-electron chi connectivity index (χ3n) is 4.92. The molecule has 3 N–H and O–H groups in total. The molecule has 0 bridgehead atoms. The minimum atomic E-state index is -1.16. The largest absolute Gasteiger partial charge is 0.497 e. The number of carbonyl (C=O) groups excluding carboxylic acids is 1. The molecule has 1 aromatic heterocycles. The van der Waals surface area contributed by atoms with Crippen LogP contribution in [0.2, 0.25) is 0 Å². The van der Waals surface area contributed by atoms with Gasteiger partial charge < -0.3 is 25.5 Å². The van der Waals surface area contributed by atoms with Gasteiger partial charge in [-0.3, -0.25) is 4.79 Å². The molecule has 2 aromatic carbocycles. The predicted molar refractivity (Wildman–Crippen MR) is 137 cm³/mol. The van der Waals surface area contributed by atoms with Crippen molar-refractivity contribution in [1.29, 1.82) is 5.41 Å². The summed E-state index contributed by atoms with van der Waals surface area (Å²) in [5.74, 6) is 1.42. The van der Waals surface area contributed by atoms with Crippen LogP contribution in [0.15, 0.2) is 66.0 Å². The number of hydrazone groups is 1. The van der Waals surface area contributed by atoms with Crippen LogP contribution in [0, 0.1) is 5.41 Å². The van der Waals surface area contributed by atoms with Crippen molar-refractivity contribution >= 4 is 30.1 Å². The Hall–Kier alpha value is -4.54. The van der Waals surface area contributed by atoms with Crippen molar-refractivity contribution < 1.29 is 18.7 Å². The molecule has 0 aliphatic rings. The number of rotatable bonds is 12. The smallest absolute Gasteiger partial charge is 0.245 e. The molecule has 0 radical (unpaired) electrons. The SMILES string of the molecule is COc1cc(OCC(C)F)cc(C(Nc2ccc(C=N)cc2)/C(=N/N(C)c2ncccn2)NC=O)c1. The Morgan fingerprint density at radius 1 is 1.19 bits per heavy atom. The van der Waals surface area contributed by atoms with Crippen molar-refractivity contribution in [2.75, 3.05) is 31.1 Å². The van der Waals surface area contributed by atoms with Gasteiger partial charge in [-0.15, -0.1) is 0 Å². The first kappa shape index (κ1) is 26.1. The van der Waals surface area contributed by atoms with Crippen LogP contribution in [0.25, 0.3) is 0 Å². The Morgan fingerprint density at radius 2 is 1.89 bits per heavy atom. The third kappa shape index (κ3) is 7.23. The van der Waals surface area contributed by atoms with Crippen molar-refractivity contribution in [2.45, 2.75) is 19.1 Å². The lowest BCUT2D eigenvalue weighted by molar-refractivity contribution is -0.108. The first-order valence-electron chi connectivity index (χ1n) is 11.1. The lowest BCUT2D eigenvalue weighted by Crippen LogP contribution is -2.35. The summed E-state index contributed by atoms with van der Waals surface area (Å²) in [7, 11) is 3.17. The minimum Gasteiger partial charge on any atom is -0.497 e. The molecular weight excluding hydrogens is 465 g/mol. The van der Waals surface area contributed by atoms with Crippen LogP contribution in [-0.4, -0.2) is 55.4 Å². The average molecular weight is 494 g/mol. The molecule has 188 valence electrons. The van der Waals surface area contributed by atoms with Crippen LogP contribution in [0.4, 0.5) is 16.0 Å². The molecule has 1 heterocycles. The lowest BCUT2D eigenvalue weighted by Gasteiger charge is -2.24. The third-order valence-corrected chi connectivity index (χ3v) is 4.92. The van der Waals surface area contributed by atoms with E-state index in [9.17, 15) is 9.18 Å². The molecule has 36 heavy (non-hydrogen) atoms. The summed E-state index contributed by atoms with van der Waals surface area (Å²) in [6.45, 7) is 1.28. The van der Waals surface area contributed by atoms with Crippen molar-refractivity contribution in [3.8, 4) is 11.5 Å². The van der Waals surface area contributed by atoms with Gasteiger partial charge in [-0.1, -0.05) is 12.1 Å². The van der Waals surface area contributed by atoms with Gasteiger partial charge in [-0.2, -0.15) is 5.10 Å².